The van der Waals surface area contributed by atoms with Gasteiger partial charge < -0.3 is 10.4 Å². The van der Waals surface area contributed by atoms with E-state index in [4.69, 9.17) is 5.11 Å². The van der Waals surface area contributed by atoms with Gasteiger partial charge in [0.1, 0.15) is 0 Å². The van der Waals surface area contributed by atoms with Crippen molar-refractivity contribution in [2.45, 2.75) is 13.3 Å². The van der Waals surface area contributed by atoms with Gasteiger partial charge in [-0.2, -0.15) is 0 Å². The van der Waals surface area contributed by atoms with Gasteiger partial charge in [-0.05, 0) is 47.2 Å². The number of aliphatic carboxylic acids is 1. The molecular weight excluding hydrogens is 286 g/mol. The monoisotopic (exact) mass is 301 g/mol. The zero-order chi connectivity index (χ0) is 15.2. The quantitative estimate of drug-likeness (QED) is 0.828. The summed E-state index contributed by atoms with van der Waals surface area (Å²) in [6.45, 7) is 2.07. The van der Waals surface area contributed by atoms with E-state index < -0.39 is 5.97 Å². The summed E-state index contributed by atoms with van der Waals surface area (Å²) in [5.74, 6) is -1.28. The summed E-state index contributed by atoms with van der Waals surface area (Å²) in [6.07, 6.45) is 3.39. The Morgan fingerprint density at radius 2 is 1.95 bits per heavy atom. The molecule has 1 aromatic carbocycles. The maximum atomic E-state index is 12.2. The number of aryl methyl sites for hydroxylation is 1. The second kappa shape index (κ2) is 6.85. The lowest BCUT2D eigenvalue weighted by Crippen LogP contribution is -2.11. The zero-order valence-corrected chi connectivity index (χ0v) is 12.3. The lowest BCUT2D eigenvalue weighted by molar-refractivity contribution is -0.131. The number of carbonyl (C=O) groups excluding carboxylic acids is 1. The molecule has 0 radical (unpaired) electrons. The van der Waals surface area contributed by atoms with Crippen LogP contribution in [0.15, 0.2) is 41.8 Å². The van der Waals surface area contributed by atoms with Gasteiger partial charge in [-0.15, -0.1) is 11.3 Å². The number of hydrogen-bond acceptors (Lipinski definition) is 3. The molecule has 0 fully saturated rings. The minimum Gasteiger partial charge on any atom is -0.478 e. The van der Waals surface area contributed by atoms with Gasteiger partial charge in [0.05, 0.1) is 4.88 Å². The van der Waals surface area contributed by atoms with E-state index in [-0.39, 0.29) is 5.91 Å². The zero-order valence-electron chi connectivity index (χ0n) is 11.5. The molecule has 0 unspecified atom stereocenters. The average molecular weight is 301 g/mol. The Morgan fingerprint density at radius 3 is 2.57 bits per heavy atom. The molecular formula is C16H15NO3S. The second-order valence-electron chi connectivity index (χ2n) is 4.38. The fourth-order valence-electron chi connectivity index (χ4n) is 1.81. The summed E-state index contributed by atoms with van der Waals surface area (Å²) in [5, 5.41) is 13.2. The van der Waals surface area contributed by atoms with Crippen molar-refractivity contribution in [3.63, 3.8) is 0 Å². The maximum Gasteiger partial charge on any atom is 0.328 e. The molecule has 0 aliphatic rings. The number of thiophene rings is 1. The molecule has 0 atom stereocenters. The van der Waals surface area contributed by atoms with Crippen LogP contribution in [0.5, 0.6) is 0 Å². The maximum absolute atomic E-state index is 12.2. The summed E-state index contributed by atoms with van der Waals surface area (Å²) < 4.78 is 0. The summed E-state index contributed by atoms with van der Waals surface area (Å²) >= 11 is 1.28. The first-order chi connectivity index (χ1) is 10.1. The molecule has 0 bridgehead atoms. The minimum atomic E-state index is -1.04. The summed E-state index contributed by atoms with van der Waals surface area (Å²) in [6, 6.07) is 9.37. The largest absolute Gasteiger partial charge is 0.478 e. The number of carboxylic acid groups (broad SMARTS) is 1. The van der Waals surface area contributed by atoms with Crippen LogP contribution in [-0.4, -0.2) is 17.0 Å². The molecule has 0 saturated carbocycles. The number of amides is 1. The van der Waals surface area contributed by atoms with Gasteiger partial charge in [-0.25, -0.2) is 4.79 Å². The highest BCUT2D eigenvalue weighted by atomic mass is 32.1. The molecule has 0 saturated heterocycles. The third kappa shape index (κ3) is 4.03. The van der Waals surface area contributed by atoms with Gasteiger partial charge >= 0.3 is 5.97 Å². The molecule has 108 valence electrons. The van der Waals surface area contributed by atoms with Gasteiger partial charge in [0.15, 0.2) is 0 Å². The van der Waals surface area contributed by atoms with Crippen molar-refractivity contribution in [2.75, 3.05) is 5.32 Å². The van der Waals surface area contributed by atoms with Crippen molar-refractivity contribution in [1.29, 1.82) is 0 Å². The van der Waals surface area contributed by atoms with E-state index in [1.165, 1.54) is 23.0 Å². The Balaban J connectivity index is 2.13. The Hall–Kier alpha value is -2.40. The van der Waals surface area contributed by atoms with E-state index in [1.807, 2.05) is 24.3 Å². The van der Waals surface area contributed by atoms with Crippen molar-refractivity contribution >= 4 is 35.0 Å². The highest BCUT2D eigenvalue weighted by molar-refractivity contribution is 7.12. The van der Waals surface area contributed by atoms with Gasteiger partial charge in [0.2, 0.25) is 0 Å². The third-order valence-corrected chi connectivity index (χ3v) is 3.86. The Morgan fingerprint density at radius 1 is 1.24 bits per heavy atom. The van der Waals surface area contributed by atoms with Crippen molar-refractivity contribution in [3.8, 4) is 0 Å². The summed E-state index contributed by atoms with van der Waals surface area (Å²) in [7, 11) is 0. The number of carboxylic acids is 1. The standard InChI is InChI=1S/C16H15NO3S/c1-2-11-3-6-13(7-4-11)17-16(20)15-12(9-10-21-15)5-8-14(18)19/h3-10H,2H2,1H3,(H,17,20)(H,18,19). The Bertz CT molecular complexity index is 671. The van der Waals surface area contributed by atoms with Crippen LogP contribution in [0.25, 0.3) is 6.08 Å². The number of carbonyl (C=O) groups is 2. The number of hydrogen-bond donors (Lipinski definition) is 2. The highest BCUT2D eigenvalue weighted by Gasteiger charge is 2.12. The van der Waals surface area contributed by atoms with Crippen LogP contribution in [0.2, 0.25) is 0 Å². The van der Waals surface area contributed by atoms with Crippen LogP contribution in [0.3, 0.4) is 0 Å². The number of nitrogens with one attached hydrogen (secondary N) is 1. The molecule has 0 aliphatic carbocycles. The number of rotatable bonds is 5. The molecule has 1 heterocycles. The summed E-state index contributed by atoms with van der Waals surface area (Å²) in [4.78, 5) is 23.2. The first-order valence-corrected chi connectivity index (χ1v) is 7.37. The van der Waals surface area contributed by atoms with Crippen LogP contribution in [0, 0.1) is 0 Å². The van der Waals surface area contributed by atoms with E-state index in [9.17, 15) is 9.59 Å². The predicted octanol–water partition coefficient (Wildman–Crippen LogP) is 3.66. The van der Waals surface area contributed by atoms with Crippen LogP contribution in [0.4, 0.5) is 5.69 Å². The van der Waals surface area contributed by atoms with E-state index >= 15 is 0 Å². The molecule has 2 aromatic rings. The highest BCUT2D eigenvalue weighted by Crippen LogP contribution is 2.20. The topological polar surface area (TPSA) is 66.4 Å². The predicted molar refractivity (Wildman–Crippen MR) is 84.8 cm³/mol. The fraction of sp³-hybridized carbons (Fsp3) is 0.125. The number of benzene rings is 1. The Kier molecular flexibility index (Phi) is 4.90. The average Bonchev–Trinajstić information content (AvgIpc) is 2.94. The van der Waals surface area contributed by atoms with Gasteiger partial charge in [-0.3, -0.25) is 4.79 Å². The molecule has 4 nitrogen and oxygen atoms in total. The normalized spacial score (nSPS) is 10.7. The number of anilines is 1. The minimum absolute atomic E-state index is 0.237. The lowest BCUT2D eigenvalue weighted by Gasteiger charge is -2.05. The van der Waals surface area contributed by atoms with Crippen molar-refractivity contribution in [2.24, 2.45) is 0 Å². The summed E-state index contributed by atoms with van der Waals surface area (Å²) in [5.41, 5.74) is 2.53. The van der Waals surface area contributed by atoms with E-state index in [1.54, 1.807) is 11.4 Å². The lowest BCUT2D eigenvalue weighted by atomic mass is 10.1. The van der Waals surface area contributed by atoms with Crippen LogP contribution in [0.1, 0.15) is 27.7 Å². The van der Waals surface area contributed by atoms with Gasteiger partial charge in [0.25, 0.3) is 5.91 Å². The Labute approximate surface area is 126 Å². The van der Waals surface area contributed by atoms with Crippen molar-refractivity contribution in [3.05, 3.63) is 57.8 Å². The van der Waals surface area contributed by atoms with Crippen molar-refractivity contribution in [1.82, 2.24) is 0 Å². The first-order valence-electron chi connectivity index (χ1n) is 6.49. The van der Waals surface area contributed by atoms with Crippen LogP contribution >= 0.6 is 11.3 Å². The van der Waals surface area contributed by atoms with Crippen LogP contribution < -0.4 is 5.32 Å². The molecule has 1 amide bonds. The SMILES string of the molecule is CCc1ccc(NC(=O)c2sccc2C=CC(=O)O)cc1. The van der Waals surface area contributed by atoms with Gasteiger partial charge in [0, 0.05) is 11.8 Å². The smallest absolute Gasteiger partial charge is 0.328 e. The third-order valence-electron chi connectivity index (χ3n) is 2.93. The molecule has 2 rings (SSSR count). The molecule has 0 aliphatic heterocycles. The van der Waals surface area contributed by atoms with Crippen molar-refractivity contribution < 1.29 is 14.7 Å². The molecule has 2 N–H and O–H groups in total. The molecule has 1 aromatic heterocycles. The molecule has 5 heteroatoms. The van der Waals surface area contributed by atoms with E-state index in [2.05, 4.69) is 12.2 Å². The first kappa shape index (κ1) is 15.0. The van der Waals surface area contributed by atoms with Gasteiger partial charge in [-0.1, -0.05) is 19.1 Å². The van der Waals surface area contributed by atoms with Crippen LogP contribution in [-0.2, 0) is 11.2 Å². The molecule has 21 heavy (non-hydrogen) atoms. The second-order valence-corrected chi connectivity index (χ2v) is 5.30. The van der Waals surface area contributed by atoms with E-state index in [0.717, 1.165) is 18.2 Å². The molecule has 0 spiro atoms. The fourth-order valence-corrected chi connectivity index (χ4v) is 2.59. The van der Waals surface area contributed by atoms with E-state index in [0.29, 0.717) is 10.4 Å².